The molecule has 16 heavy (non-hydrogen) atoms. The molecule has 0 amide bonds. The average Bonchev–Trinajstić information content (AvgIpc) is 2.71. The van der Waals surface area contributed by atoms with Gasteiger partial charge < -0.3 is 19.7 Å². The number of aliphatic carboxylic acids is 1. The standard InChI is InChI=1S/C10H9BrO5/c1-4-5(7(12)10(13)14)2-6(11)9-8(4)15-3-16-9/h2,7,12H,3H2,1H3,(H,13,14). The second-order valence-corrected chi connectivity index (χ2v) is 4.23. The predicted molar refractivity (Wildman–Crippen MR) is 57.6 cm³/mol. The molecule has 1 aromatic carbocycles. The molecule has 1 atom stereocenters. The molecule has 0 aromatic heterocycles. The van der Waals surface area contributed by atoms with E-state index in [1.165, 1.54) is 6.07 Å². The highest BCUT2D eigenvalue weighted by Crippen LogP contribution is 2.44. The van der Waals surface area contributed by atoms with E-state index >= 15 is 0 Å². The molecule has 1 heterocycles. The minimum atomic E-state index is -1.56. The van der Waals surface area contributed by atoms with E-state index < -0.39 is 12.1 Å². The summed E-state index contributed by atoms with van der Waals surface area (Å²) in [5, 5.41) is 18.3. The van der Waals surface area contributed by atoms with Crippen molar-refractivity contribution in [1.29, 1.82) is 0 Å². The van der Waals surface area contributed by atoms with Gasteiger partial charge in [0.1, 0.15) is 0 Å². The third-order valence-electron chi connectivity index (χ3n) is 2.41. The van der Waals surface area contributed by atoms with Gasteiger partial charge in [0.15, 0.2) is 17.6 Å². The van der Waals surface area contributed by atoms with E-state index in [0.29, 0.717) is 27.1 Å². The topological polar surface area (TPSA) is 76.0 Å². The Bertz CT molecular complexity index is 457. The second kappa shape index (κ2) is 3.95. The summed E-state index contributed by atoms with van der Waals surface area (Å²) < 4.78 is 11.0. The van der Waals surface area contributed by atoms with Crippen molar-refractivity contribution < 1.29 is 24.5 Å². The Balaban J connectivity index is 2.56. The summed E-state index contributed by atoms with van der Waals surface area (Å²) in [4.78, 5) is 10.7. The summed E-state index contributed by atoms with van der Waals surface area (Å²) in [7, 11) is 0. The van der Waals surface area contributed by atoms with Gasteiger partial charge in [-0.05, 0) is 34.5 Å². The molecular formula is C10H9BrO5. The normalized spacial score (nSPS) is 14.9. The highest BCUT2D eigenvalue weighted by Gasteiger charge is 2.27. The first-order chi connectivity index (χ1) is 7.52. The quantitative estimate of drug-likeness (QED) is 0.865. The van der Waals surface area contributed by atoms with Crippen LogP contribution in [0.5, 0.6) is 11.5 Å². The SMILES string of the molecule is Cc1c(C(O)C(=O)O)cc(Br)c2c1OCO2. The van der Waals surface area contributed by atoms with Gasteiger partial charge in [-0.2, -0.15) is 0 Å². The van der Waals surface area contributed by atoms with E-state index in [0.717, 1.165) is 0 Å². The van der Waals surface area contributed by atoms with Crippen LogP contribution in [0.2, 0.25) is 0 Å². The first-order valence-electron chi connectivity index (χ1n) is 4.52. The Hall–Kier alpha value is -1.27. The van der Waals surface area contributed by atoms with Crippen LogP contribution >= 0.6 is 15.9 Å². The monoisotopic (exact) mass is 288 g/mol. The number of aliphatic hydroxyl groups is 1. The van der Waals surface area contributed by atoms with Crippen LogP contribution in [-0.2, 0) is 4.79 Å². The molecule has 1 unspecified atom stereocenters. The molecule has 0 radical (unpaired) electrons. The van der Waals surface area contributed by atoms with Crippen molar-refractivity contribution in [3.05, 3.63) is 21.7 Å². The number of aliphatic hydroxyl groups excluding tert-OH is 1. The van der Waals surface area contributed by atoms with Crippen molar-refractivity contribution in [1.82, 2.24) is 0 Å². The van der Waals surface area contributed by atoms with E-state index in [1.54, 1.807) is 6.92 Å². The number of hydrogen-bond acceptors (Lipinski definition) is 4. The van der Waals surface area contributed by atoms with Crippen molar-refractivity contribution in [2.75, 3.05) is 6.79 Å². The van der Waals surface area contributed by atoms with Gasteiger partial charge in [0, 0.05) is 5.56 Å². The summed E-state index contributed by atoms with van der Waals surface area (Å²) in [5.74, 6) is -0.280. The summed E-state index contributed by atoms with van der Waals surface area (Å²) >= 11 is 3.24. The van der Waals surface area contributed by atoms with Gasteiger partial charge in [0.25, 0.3) is 0 Å². The lowest BCUT2D eigenvalue weighted by Gasteiger charge is -2.12. The largest absolute Gasteiger partial charge is 0.479 e. The molecule has 0 saturated heterocycles. The lowest BCUT2D eigenvalue weighted by Crippen LogP contribution is -2.12. The van der Waals surface area contributed by atoms with E-state index in [9.17, 15) is 9.90 Å². The second-order valence-electron chi connectivity index (χ2n) is 3.38. The number of fused-ring (bicyclic) bond motifs is 1. The number of halogens is 1. The summed E-state index contributed by atoms with van der Waals surface area (Å²) in [5.41, 5.74) is 0.870. The molecule has 5 nitrogen and oxygen atoms in total. The van der Waals surface area contributed by atoms with Crippen molar-refractivity contribution in [2.45, 2.75) is 13.0 Å². The fourth-order valence-corrected chi connectivity index (χ4v) is 2.13. The molecule has 0 aliphatic carbocycles. The van der Waals surface area contributed by atoms with Gasteiger partial charge in [-0.1, -0.05) is 0 Å². The van der Waals surface area contributed by atoms with Crippen LogP contribution in [0, 0.1) is 6.92 Å². The first-order valence-corrected chi connectivity index (χ1v) is 5.31. The van der Waals surface area contributed by atoms with E-state index in [-0.39, 0.29) is 6.79 Å². The summed E-state index contributed by atoms with van der Waals surface area (Å²) in [6.45, 7) is 1.78. The molecule has 0 fully saturated rings. The summed E-state index contributed by atoms with van der Waals surface area (Å²) in [6, 6.07) is 1.53. The number of ether oxygens (including phenoxy) is 2. The van der Waals surface area contributed by atoms with Gasteiger partial charge >= 0.3 is 5.97 Å². The van der Waals surface area contributed by atoms with E-state index in [2.05, 4.69) is 15.9 Å². The number of rotatable bonds is 2. The lowest BCUT2D eigenvalue weighted by molar-refractivity contribution is -0.147. The zero-order valence-electron chi connectivity index (χ0n) is 8.36. The Kier molecular flexibility index (Phi) is 2.77. The highest BCUT2D eigenvalue weighted by atomic mass is 79.9. The van der Waals surface area contributed by atoms with Crippen molar-refractivity contribution in [3.8, 4) is 11.5 Å². The van der Waals surface area contributed by atoms with E-state index in [4.69, 9.17) is 14.6 Å². The minimum absolute atomic E-state index is 0.0986. The maximum absolute atomic E-state index is 10.7. The van der Waals surface area contributed by atoms with Crippen LogP contribution in [-0.4, -0.2) is 23.0 Å². The molecule has 0 spiro atoms. The van der Waals surface area contributed by atoms with Crippen LogP contribution < -0.4 is 9.47 Å². The first kappa shape index (κ1) is 11.2. The van der Waals surface area contributed by atoms with Crippen LogP contribution in [0.3, 0.4) is 0 Å². The number of carbonyl (C=O) groups is 1. The highest BCUT2D eigenvalue weighted by molar-refractivity contribution is 9.10. The Morgan fingerprint density at radius 2 is 2.12 bits per heavy atom. The molecule has 2 rings (SSSR count). The van der Waals surface area contributed by atoms with Crippen LogP contribution in [0.25, 0.3) is 0 Å². The smallest absolute Gasteiger partial charge is 0.337 e. The molecule has 1 aliphatic heterocycles. The zero-order valence-corrected chi connectivity index (χ0v) is 9.94. The maximum atomic E-state index is 10.7. The molecule has 2 N–H and O–H groups in total. The van der Waals surface area contributed by atoms with Gasteiger partial charge in [-0.3, -0.25) is 0 Å². The summed E-state index contributed by atoms with van der Waals surface area (Å²) in [6.07, 6.45) is -1.56. The number of carboxylic acid groups (broad SMARTS) is 1. The Morgan fingerprint density at radius 1 is 1.50 bits per heavy atom. The number of hydrogen-bond donors (Lipinski definition) is 2. The number of carboxylic acids is 1. The van der Waals surface area contributed by atoms with Crippen LogP contribution in [0.1, 0.15) is 17.2 Å². The third-order valence-corrected chi connectivity index (χ3v) is 3.00. The Labute approximate surface area is 99.7 Å². The Morgan fingerprint density at radius 3 is 2.75 bits per heavy atom. The van der Waals surface area contributed by atoms with Crippen molar-refractivity contribution in [2.24, 2.45) is 0 Å². The average molecular weight is 289 g/mol. The molecule has 6 heteroatoms. The fraction of sp³-hybridized carbons (Fsp3) is 0.300. The van der Waals surface area contributed by atoms with Crippen LogP contribution in [0.15, 0.2) is 10.5 Å². The van der Waals surface area contributed by atoms with Crippen LogP contribution in [0.4, 0.5) is 0 Å². The van der Waals surface area contributed by atoms with Gasteiger partial charge in [0.05, 0.1) is 4.47 Å². The molecule has 1 aromatic rings. The molecule has 86 valence electrons. The van der Waals surface area contributed by atoms with Gasteiger partial charge in [-0.15, -0.1) is 0 Å². The maximum Gasteiger partial charge on any atom is 0.337 e. The predicted octanol–water partition coefficient (Wildman–Crippen LogP) is 1.60. The zero-order chi connectivity index (χ0) is 11.9. The van der Waals surface area contributed by atoms with Crippen molar-refractivity contribution in [3.63, 3.8) is 0 Å². The number of benzene rings is 1. The molecule has 0 saturated carbocycles. The van der Waals surface area contributed by atoms with Crippen molar-refractivity contribution >= 4 is 21.9 Å². The third kappa shape index (κ3) is 1.64. The van der Waals surface area contributed by atoms with E-state index in [1.807, 2.05) is 0 Å². The molecule has 0 bridgehead atoms. The van der Waals surface area contributed by atoms with Gasteiger partial charge in [-0.25, -0.2) is 4.79 Å². The lowest BCUT2D eigenvalue weighted by atomic mass is 10.0. The minimum Gasteiger partial charge on any atom is -0.479 e. The fourth-order valence-electron chi connectivity index (χ4n) is 1.59. The molecule has 1 aliphatic rings. The van der Waals surface area contributed by atoms with Gasteiger partial charge in [0.2, 0.25) is 6.79 Å². The molecular weight excluding hydrogens is 280 g/mol.